The molecule has 5 rings (SSSR count). The topological polar surface area (TPSA) is 128 Å². The van der Waals surface area contributed by atoms with E-state index in [0.717, 1.165) is 30.3 Å². The van der Waals surface area contributed by atoms with E-state index in [1.807, 2.05) is 24.4 Å². The van der Waals surface area contributed by atoms with Gasteiger partial charge in [-0.2, -0.15) is 18.2 Å². The van der Waals surface area contributed by atoms with Gasteiger partial charge in [-0.3, -0.25) is 10.7 Å². The van der Waals surface area contributed by atoms with E-state index >= 15 is 0 Å². The molecule has 4 aromatic rings. The third-order valence-electron chi connectivity index (χ3n) is 7.00. The van der Waals surface area contributed by atoms with Crippen LogP contribution in [0.1, 0.15) is 61.2 Å². The number of benzene rings is 1. The second-order valence-electron chi connectivity index (χ2n) is 9.75. The minimum absolute atomic E-state index is 0.0871. The number of imidazole rings is 1. The lowest BCUT2D eigenvalue weighted by molar-refractivity contribution is -0.617. The van der Waals surface area contributed by atoms with Gasteiger partial charge in [-0.15, -0.1) is 0 Å². The van der Waals surface area contributed by atoms with Crippen LogP contribution in [0.15, 0.2) is 43.0 Å². The number of aromatic nitrogens is 6. The molecule has 0 amide bonds. The van der Waals surface area contributed by atoms with Crippen molar-refractivity contribution in [2.24, 2.45) is 0 Å². The van der Waals surface area contributed by atoms with Crippen LogP contribution in [0.5, 0.6) is 5.88 Å². The second kappa shape index (κ2) is 11.2. The fourth-order valence-electron chi connectivity index (χ4n) is 4.63. The van der Waals surface area contributed by atoms with E-state index < -0.39 is 11.9 Å². The molecule has 41 heavy (non-hydrogen) atoms. The zero-order valence-corrected chi connectivity index (χ0v) is 23.0. The summed E-state index contributed by atoms with van der Waals surface area (Å²) < 4.78 is 51.9. The first kappa shape index (κ1) is 28.1. The molecule has 0 aliphatic heterocycles. The Morgan fingerprint density at radius 1 is 1.12 bits per heavy atom. The Morgan fingerprint density at radius 3 is 2.46 bits per heavy atom. The summed E-state index contributed by atoms with van der Waals surface area (Å²) in [6, 6.07) is 7.03. The first-order valence-electron chi connectivity index (χ1n) is 13.1. The van der Waals surface area contributed by atoms with Crippen molar-refractivity contribution in [2.45, 2.75) is 51.4 Å². The number of ether oxygens (including phenoxy) is 2. The highest BCUT2D eigenvalue weighted by Crippen LogP contribution is 2.45. The largest absolute Gasteiger partial charge is 0.481 e. The molecule has 1 fully saturated rings. The Kier molecular flexibility index (Phi) is 7.72. The predicted molar refractivity (Wildman–Crippen MR) is 144 cm³/mol. The van der Waals surface area contributed by atoms with Gasteiger partial charge in [0.05, 0.1) is 19.9 Å². The summed E-state index contributed by atoms with van der Waals surface area (Å²) >= 11 is 0. The highest BCUT2D eigenvalue weighted by molar-refractivity contribution is 5.94. The number of rotatable bonds is 9. The molecule has 1 atom stereocenters. The minimum atomic E-state index is -4.52. The van der Waals surface area contributed by atoms with E-state index in [2.05, 4.69) is 19.9 Å². The number of hydrogen-bond acceptors (Lipinski definition) is 8. The number of hydrogen-bond donors (Lipinski definition) is 2. The number of methoxy groups -OCH3 is 2. The van der Waals surface area contributed by atoms with Crippen LogP contribution in [0.3, 0.4) is 0 Å². The highest BCUT2D eigenvalue weighted by Gasteiger charge is 2.35. The molecule has 214 valence electrons. The van der Waals surface area contributed by atoms with Crippen molar-refractivity contribution < 1.29 is 28.0 Å². The van der Waals surface area contributed by atoms with Crippen LogP contribution in [0.2, 0.25) is 0 Å². The lowest BCUT2D eigenvalue weighted by atomic mass is 10.1. The summed E-state index contributed by atoms with van der Waals surface area (Å²) in [5, 5.41) is 10.2. The maximum Gasteiger partial charge on any atom is 0.434 e. The quantitative estimate of drug-likeness (QED) is 0.223. The summed E-state index contributed by atoms with van der Waals surface area (Å²) in [4.78, 5) is 21.9. The van der Waals surface area contributed by atoms with Crippen LogP contribution in [-0.4, -0.2) is 49.6 Å². The SMILES string of the molecule is CCn1cc(C(F)(F)F)nc1-c1ccc([C@H](C)[NH2+]c2nc(-c3c(OC)ncnc3C3CC3)ncc2C(=N)OC)cc1. The van der Waals surface area contributed by atoms with Crippen molar-refractivity contribution in [1.29, 1.82) is 5.41 Å². The van der Waals surface area contributed by atoms with Gasteiger partial charge >= 0.3 is 6.18 Å². The van der Waals surface area contributed by atoms with Gasteiger partial charge in [0.15, 0.2) is 11.5 Å². The van der Waals surface area contributed by atoms with Crippen molar-refractivity contribution >= 4 is 11.7 Å². The molecule has 3 N–H and O–H groups in total. The summed E-state index contributed by atoms with van der Waals surface area (Å²) in [5.74, 6) is 1.72. The smallest absolute Gasteiger partial charge is 0.434 e. The lowest BCUT2D eigenvalue weighted by Gasteiger charge is -2.15. The number of alkyl halides is 3. The average Bonchev–Trinajstić information content (AvgIpc) is 3.73. The molecular weight excluding hydrogens is 537 g/mol. The standard InChI is InChI=1S/C28H29F3N8O2/c1-5-39-13-20(28(29,30)31)37-26(39)18-10-6-16(7-11-18)15(2)36-24-19(23(32)40-3)12-33-25(38-24)21-22(17-8-9-17)34-14-35-27(21)41-4/h6-7,10-15,17,32H,5,8-9H2,1-4H3,(H,33,36,38)/p+1/t15-/m0/s1. The molecule has 0 radical (unpaired) electrons. The molecule has 1 saturated carbocycles. The van der Waals surface area contributed by atoms with E-state index in [4.69, 9.17) is 19.9 Å². The Hall–Kier alpha value is -4.39. The van der Waals surface area contributed by atoms with Crippen LogP contribution in [0.25, 0.3) is 22.8 Å². The van der Waals surface area contributed by atoms with Crippen LogP contribution in [0, 0.1) is 5.41 Å². The fraction of sp³-hybridized carbons (Fsp3) is 0.357. The first-order chi connectivity index (χ1) is 19.6. The number of nitrogens with two attached hydrogens (primary N) is 1. The summed E-state index contributed by atoms with van der Waals surface area (Å²) in [6.07, 6.45) is 1.56. The van der Waals surface area contributed by atoms with Crippen molar-refractivity contribution in [1.82, 2.24) is 29.5 Å². The Labute approximate surface area is 234 Å². The highest BCUT2D eigenvalue weighted by atomic mass is 19.4. The maximum atomic E-state index is 13.2. The van der Waals surface area contributed by atoms with Crippen LogP contribution in [-0.2, 0) is 17.5 Å². The van der Waals surface area contributed by atoms with Gasteiger partial charge in [0.2, 0.25) is 17.6 Å². The number of aryl methyl sites for hydroxylation is 1. The zero-order chi connectivity index (χ0) is 29.3. The molecular formula is C28H30F3N8O2+. The summed E-state index contributed by atoms with van der Waals surface area (Å²) in [5.41, 5.74) is 2.43. The second-order valence-corrected chi connectivity index (χ2v) is 9.75. The molecule has 13 heteroatoms. The minimum Gasteiger partial charge on any atom is -0.481 e. The summed E-state index contributed by atoms with van der Waals surface area (Å²) in [7, 11) is 2.94. The Morgan fingerprint density at radius 2 is 1.85 bits per heavy atom. The number of halogens is 3. The van der Waals surface area contributed by atoms with Gasteiger partial charge in [-0.25, -0.2) is 19.9 Å². The number of nitrogens with zero attached hydrogens (tertiary/aromatic N) is 6. The van der Waals surface area contributed by atoms with Crippen molar-refractivity contribution in [2.75, 3.05) is 14.2 Å². The molecule has 3 aromatic heterocycles. The van der Waals surface area contributed by atoms with E-state index in [0.29, 0.717) is 46.7 Å². The molecule has 1 aromatic carbocycles. The third-order valence-corrected chi connectivity index (χ3v) is 7.00. The first-order valence-corrected chi connectivity index (χ1v) is 13.1. The van der Waals surface area contributed by atoms with Gasteiger partial charge in [0.1, 0.15) is 29.3 Å². The number of quaternary nitrogens is 1. The van der Waals surface area contributed by atoms with Gasteiger partial charge in [-0.1, -0.05) is 24.3 Å². The predicted octanol–water partition coefficient (Wildman–Crippen LogP) is 4.65. The van der Waals surface area contributed by atoms with E-state index in [1.54, 1.807) is 25.3 Å². The normalized spacial score (nSPS) is 14.1. The van der Waals surface area contributed by atoms with Gasteiger partial charge in [-0.05, 0) is 26.7 Å². The van der Waals surface area contributed by atoms with Crippen LogP contribution < -0.4 is 10.1 Å². The van der Waals surface area contributed by atoms with Crippen molar-refractivity contribution in [3.8, 4) is 28.7 Å². The van der Waals surface area contributed by atoms with Crippen LogP contribution in [0.4, 0.5) is 19.0 Å². The maximum absolute atomic E-state index is 13.2. The Bertz CT molecular complexity index is 1570. The molecule has 0 spiro atoms. The monoisotopic (exact) mass is 567 g/mol. The third kappa shape index (κ3) is 5.75. The molecule has 0 bridgehead atoms. The van der Waals surface area contributed by atoms with E-state index in [1.165, 1.54) is 25.1 Å². The van der Waals surface area contributed by atoms with E-state index in [-0.39, 0.29) is 17.8 Å². The summed E-state index contributed by atoms with van der Waals surface area (Å²) in [6.45, 7) is 4.09. The van der Waals surface area contributed by atoms with Crippen molar-refractivity contribution in [3.05, 3.63) is 65.5 Å². The molecule has 1 aliphatic carbocycles. The molecule has 1 aliphatic rings. The molecule has 0 unspecified atom stereocenters. The van der Waals surface area contributed by atoms with Crippen molar-refractivity contribution in [3.63, 3.8) is 0 Å². The van der Waals surface area contributed by atoms with Crippen LogP contribution >= 0.6 is 0 Å². The van der Waals surface area contributed by atoms with E-state index in [9.17, 15) is 13.2 Å². The lowest BCUT2D eigenvalue weighted by Crippen LogP contribution is -2.79. The van der Waals surface area contributed by atoms with Gasteiger partial charge < -0.3 is 14.0 Å². The fourth-order valence-corrected chi connectivity index (χ4v) is 4.63. The molecule has 0 saturated heterocycles. The molecule has 3 heterocycles. The zero-order valence-electron chi connectivity index (χ0n) is 23.0. The average molecular weight is 568 g/mol. The molecule has 10 nitrogen and oxygen atoms in total. The Balaban J connectivity index is 1.46. The van der Waals surface area contributed by atoms with Gasteiger partial charge in [0, 0.05) is 36.0 Å². The number of nitrogens with one attached hydrogen (secondary N) is 1. The van der Waals surface area contributed by atoms with Gasteiger partial charge in [0.25, 0.3) is 0 Å².